The lowest BCUT2D eigenvalue weighted by molar-refractivity contribution is -0.870. The average molecular weight is 1130 g/mol. The van der Waals surface area contributed by atoms with E-state index >= 15 is 0 Å². The lowest BCUT2D eigenvalue weighted by Gasteiger charge is -2.28. The van der Waals surface area contributed by atoms with Gasteiger partial charge < -0.3 is 27.9 Å². The number of nitrogens with zero attached hydrogens (tertiary/aromatic N) is 1. The van der Waals surface area contributed by atoms with Gasteiger partial charge in [-0.25, -0.2) is 0 Å². The van der Waals surface area contributed by atoms with E-state index in [-0.39, 0.29) is 32.0 Å². The summed E-state index contributed by atoms with van der Waals surface area (Å²) in [7, 11) is 1.18. The quantitative estimate of drug-likeness (QED) is 0.0195. The third-order valence-corrected chi connectivity index (χ3v) is 16.1. The van der Waals surface area contributed by atoms with Gasteiger partial charge in [0.15, 0.2) is 6.10 Å². The second-order valence-corrected chi connectivity index (χ2v) is 25.6. The molecule has 0 bridgehead atoms. The number of hydrogen-bond donors (Lipinski definition) is 0. The standard InChI is InChI=1S/C69H130NO8P/c1-6-8-10-12-14-16-18-20-22-24-26-28-30-32-34-36-37-39-41-43-45-47-49-51-53-55-57-59-61-68(71)75-65-67(66-77-79(73,74)76-64-63-70(3,4)5)78-69(72)62-60-58-56-54-52-50-48-46-44-42-40-38-35-33-31-29-27-25-23-21-19-17-15-13-11-9-7-2/h9,11,15,17,21,23,27,29,67H,6-8,10,12-14,16,18-20,22,24-26,28,30-66H2,1-5H3/b11-9-,17-15-,23-21-,29-27-. The molecule has 0 aliphatic rings. The first-order valence-corrected chi connectivity index (χ1v) is 35.3. The largest absolute Gasteiger partial charge is 0.756 e. The van der Waals surface area contributed by atoms with Gasteiger partial charge in [-0.2, -0.15) is 0 Å². The first-order chi connectivity index (χ1) is 38.5. The van der Waals surface area contributed by atoms with E-state index in [1.165, 1.54) is 231 Å². The fourth-order valence-electron chi connectivity index (χ4n) is 9.95. The van der Waals surface area contributed by atoms with E-state index in [1.54, 1.807) is 0 Å². The summed E-state index contributed by atoms with van der Waals surface area (Å²) in [6, 6.07) is 0. The molecule has 0 rings (SSSR count). The number of carbonyl (C=O) groups is 2. The van der Waals surface area contributed by atoms with E-state index in [4.69, 9.17) is 18.5 Å². The third-order valence-electron chi connectivity index (χ3n) is 15.1. The molecule has 0 aromatic rings. The second kappa shape index (κ2) is 60.6. The molecule has 0 saturated heterocycles. The van der Waals surface area contributed by atoms with Crippen molar-refractivity contribution in [3.8, 4) is 0 Å². The molecule has 2 atom stereocenters. The van der Waals surface area contributed by atoms with E-state index < -0.39 is 26.5 Å². The van der Waals surface area contributed by atoms with Crippen LogP contribution in [0.1, 0.15) is 328 Å². The van der Waals surface area contributed by atoms with E-state index in [1.807, 2.05) is 21.1 Å². The summed E-state index contributed by atoms with van der Waals surface area (Å²) in [6.45, 7) is 4.19. The molecule has 0 amide bonds. The Morgan fingerprint density at radius 2 is 0.722 bits per heavy atom. The smallest absolute Gasteiger partial charge is 0.306 e. The molecule has 9 nitrogen and oxygen atoms in total. The Morgan fingerprint density at radius 3 is 1.08 bits per heavy atom. The number of esters is 2. The Balaban J connectivity index is 4.03. The molecule has 0 spiro atoms. The monoisotopic (exact) mass is 1130 g/mol. The van der Waals surface area contributed by atoms with Crippen molar-refractivity contribution in [2.75, 3.05) is 47.5 Å². The molecule has 2 unspecified atom stereocenters. The number of phosphoric acid groups is 1. The molecule has 0 aromatic carbocycles. The Bertz CT molecular complexity index is 1470. The molecule has 10 heteroatoms. The van der Waals surface area contributed by atoms with Gasteiger partial charge in [0, 0.05) is 12.8 Å². The topological polar surface area (TPSA) is 111 Å². The van der Waals surface area contributed by atoms with Gasteiger partial charge >= 0.3 is 11.9 Å². The lowest BCUT2D eigenvalue weighted by Crippen LogP contribution is -2.37. The maximum atomic E-state index is 12.8. The number of unbranched alkanes of at least 4 members (excludes halogenated alkanes) is 41. The molecule has 0 heterocycles. The number of ether oxygens (including phenoxy) is 2. The molecule has 0 aromatic heterocycles. The number of likely N-dealkylation sites (N-methyl/N-ethyl adjacent to an activating group) is 1. The summed E-state index contributed by atoms with van der Waals surface area (Å²) in [5, 5.41) is 0. The molecular weight excluding hydrogens is 1000 g/mol. The van der Waals surface area contributed by atoms with Crippen LogP contribution in [0.25, 0.3) is 0 Å². The van der Waals surface area contributed by atoms with Gasteiger partial charge in [-0.3, -0.25) is 14.2 Å². The zero-order valence-corrected chi connectivity index (χ0v) is 53.7. The predicted octanol–water partition coefficient (Wildman–Crippen LogP) is 21.0. The second-order valence-electron chi connectivity index (χ2n) is 24.2. The van der Waals surface area contributed by atoms with Crippen molar-refractivity contribution in [3.63, 3.8) is 0 Å². The molecule has 464 valence electrons. The maximum absolute atomic E-state index is 12.8. The number of allylic oxidation sites excluding steroid dienone is 8. The number of phosphoric ester groups is 1. The van der Waals surface area contributed by atoms with Crippen LogP contribution in [0.4, 0.5) is 0 Å². The lowest BCUT2D eigenvalue weighted by atomic mass is 10.0. The summed E-state index contributed by atoms with van der Waals surface area (Å²) < 4.78 is 34.3. The van der Waals surface area contributed by atoms with E-state index in [0.29, 0.717) is 17.4 Å². The Hall–Kier alpha value is -2.03. The average Bonchev–Trinajstić information content (AvgIpc) is 3.41. The minimum atomic E-state index is -4.64. The fraction of sp³-hybridized carbons (Fsp3) is 0.855. The molecule has 0 radical (unpaired) electrons. The number of hydrogen-bond acceptors (Lipinski definition) is 8. The van der Waals surface area contributed by atoms with Crippen LogP contribution in [0.5, 0.6) is 0 Å². The Kier molecular flexibility index (Phi) is 59.0. The van der Waals surface area contributed by atoms with Crippen molar-refractivity contribution in [1.29, 1.82) is 0 Å². The minimum absolute atomic E-state index is 0.0294. The number of carbonyl (C=O) groups excluding carboxylic acids is 2. The molecular formula is C69H130NO8P. The van der Waals surface area contributed by atoms with Crippen LogP contribution in [0.15, 0.2) is 48.6 Å². The summed E-state index contributed by atoms with van der Waals surface area (Å²) in [5.41, 5.74) is 0. The van der Waals surface area contributed by atoms with Gasteiger partial charge in [0.1, 0.15) is 19.8 Å². The van der Waals surface area contributed by atoms with Gasteiger partial charge in [-0.05, 0) is 51.4 Å². The van der Waals surface area contributed by atoms with Crippen LogP contribution in [0.2, 0.25) is 0 Å². The van der Waals surface area contributed by atoms with E-state index in [0.717, 1.165) is 64.2 Å². The predicted molar refractivity (Wildman–Crippen MR) is 337 cm³/mol. The highest BCUT2D eigenvalue weighted by Crippen LogP contribution is 2.38. The van der Waals surface area contributed by atoms with Crippen LogP contribution in [0, 0.1) is 0 Å². The molecule has 0 N–H and O–H groups in total. The maximum Gasteiger partial charge on any atom is 0.306 e. The summed E-state index contributed by atoms with van der Waals surface area (Å²) in [4.78, 5) is 38.0. The minimum Gasteiger partial charge on any atom is -0.756 e. The van der Waals surface area contributed by atoms with Crippen LogP contribution in [0.3, 0.4) is 0 Å². The zero-order valence-electron chi connectivity index (χ0n) is 52.8. The van der Waals surface area contributed by atoms with Gasteiger partial charge in [0.2, 0.25) is 0 Å². The SMILES string of the molecule is CC/C=C\C/C=C\C/C=C\C/C=C\CCCCCCCCCCCCCCCCC(=O)OC(COC(=O)CCCCCCCCCCCCCCCCCCCCCCCCCCCCCC)COP(=O)([O-])OCC[N+](C)(C)C. The first-order valence-electron chi connectivity index (χ1n) is 33.8. The van der Waals surface area contributed by atoms with Gasteiger partial charge in [0.25, 0.3) is 7.82 Å². The zero-order chi connectivity index (χ0) is 57.7. The van der Waals surface area contributed by atoms with Gasteiger partial charge in [0.05, 0.1) is 27.7 Å². The molecule has 0 fully saturated rings. The van der Waals surface area contributed by atoms with Crippen LogP contribution >= 0.6 is 7.82 Å². The molecule has 0 aliphatic carbocycles. The normalized spacial score (nSPS) is 13.4. The third kappa shape index (κ3) is 65.0. The first kappa shape index (κ1) is 77.0. The molecule has 0 aliphatic heterocycles. The summed E-state index contributed by atoms with van der Waals surface area (Å²) in [5.74, 6) is -0.817. The van der Waals surface area contributed by atoms with Crippen molar-refractivity contribution in [1.82, 2.24) is 0 Å². The van der Waals surface area contributed by atoms with Crippen molar-refractivity contribution in [3.05, 3.63) is 48.6 Å². The number of quaternary nitrogens is 1. The highest BCUT2D eigenvalue weighted by molar-refractivity contribution is 7.45. The van der Waals surface area contributed by atoms with Crippen LogP contribution in [-0.2, 0) is 32.7 Å². The van der Waals surface area contributed by atoms with Crippen LogP contribution < -0.4 is 4.89 Å². The van der Waals surface area contributed by atoms with E-state index in [2.05, 4.69) is 62.5 Å². The van der Waals surface area contributed by atoms with Crippen LogP contribution in [-0.4, -0.2) is 70.0 Å². The summed E-state index contributed by atoms with van der Waals surface area (Å²) >= 11 is 0. The highest BCUT2D eigenvalue weighted by Gasteiger charge is 2.22. The van der Waals surface area contributed by atoms with Crippen molar-refractivity contribution in [2.24, 2.45) is 0 Å². The van der Waals surface area contributed by atoms with Crippen molar-refractivity contribution >= 4 is 19.8 Å². The van der Waals surface area contributed by atoms with Crippen molar-refractivity contribution < 1.29 is 42.1 Å². The highest BCUT2D eigenvalue weighted by atomic mass is 31.2. The van der Waals surface area contributed by atoms with Gasteiger partial charge in [-0.15, -0.1) is 0 Å². The fourth-order valence-corrected chi connectivity index (χ4v) is 10.7. The molecule has 0 saturated carbocycles. The molecule has 79 heavy (non-hydrogen) atoms. The Morgan fingerprint density at radius 1 is 0.405 bits per heavy atom. The number of rotatable bonds is 63. The van der Waals surface area contributed by atoms with Gasteiger partial charge in [-0.1, -0.05) is 313 Å². The summed E-state index contributed by atoms with van der Waals surface area (Å²) in [6.07, 6.45) is 77.6. The van der Waals surface area contributed by atoms with Crippen molar-refractivity contribution in [2.45, 2.75) is 335 Å². The van der Waals surface area contributed by atoms with E-state index in [9.17, 15) is 19.0 Å². The Labute approximate surface area is 490 Å².